The van der Waals surface area contributed by atoms with Gasteiger partial charge in [-0.25, -0.2) is 0 Å². The lowest BCUT2D eigenvalue weighted by molar-refractivity contribution is 0.00503. The van der Waals surface area contributed by atoms with Crippen LogP contribution in [0.5, 0.6) is 5.75 Å². The van der Waals surface area contributed by atoms with Crippen LogP contribution in [-0.4, -0.2) is 60.8 Å². The van der Waals surface area contributed by atoms with Gasteiger partial charge in [-0.2, -0.15) is 0 Å². The molecule has 0 spiro atoms. The standard InChI is InChI=1S/C18H29NO4/c1-13(12-22-5)19(11-14(2)20)18(3,4)17(21)15-7-9-16(23-6)10-8-15/h7-10,13-14,20H,11-12H2,1-6H3. The second-order valence-corrected chi connectivity index (χ2v) is 6.42. The zero-order valence-corrected chi connectivity index (χ0v) is 15.0. The molecule has 5 nitrogen and oxygen atoms in total. The smallest absolute Gasteiger partial charge is 0.182 e. The van der Waals surface area contributed by atoms with Crippen LogP contribution in [0.25, 0.3) is 0 Å². The molecule has 0 aliphatic rings. The van der Waals surface area contributed by atoms with Gasteiger partial charge < -0.3 is 14.6 Å². The summed E-state index contributed by atoms with van der Waals surface area (Å²) in [6, 6.07) is 7.10. The van der Waals surface area contributed by atoms with Gasteiger partial charge in [-0.3, -0.25) is 9.69 Å². The zero-order valence-electron chi connectivity index (χ0n) is 15.0. The Balaban J connectivity index is 3.07. The van der Waals surface area contributed by atoms with Crippen molar-refractivity contribution < 1.29 is 19.4 Å². The molecule has 0 amide bonds. The van der Waals surface area contributed by atoms with Crippen molar-refractivity contribution in [2.75, 3.05) is 27.4 Å². The molecule has 5 heteroatoms. The van der Waals surface area contributed by atoms with Gasteiger partial charge in [0.15, 0.2) is 5.78 Å². The Morgan fingerprint density at radius 2 is 1.78 bits per heavy atom. The van der Waals surface area contributed by atoms with E-state index in [2.05, 4.69) is 0 Å². The normalized spacial score (nSPS) is 14.6. The Morgan fingerprint density at radius 3 is 2.22 bits per heavy atom. The lowest BCUT2D eigenvalue weighted by atomic mass is 9.89. The van der Waals surface area contributed by atoms with Gasteiger partial charge in [0.25, 0.3) is 0 Å². The van der Waals surface area contributed by atoms with Gasteiger partial charge in [0.1, 0.15) is 5.75 Å². The molecule has 1 aromatic carbocycles. The number of Topliss-reactive ketones (excluding diaryl/α,β-unsaturated/α-hetero) is 1. The average molecular weight is 323 g/mol. The fourth-order valence-electron chi connectivity index (χ4n) is 2.80. The number of carbonyl (C=O) groups is 1. The summed E-state index contributed by atoms with van der Waals surface area (Å²) in [6.45, 7) is 8.38. The highest BCUT2D eigenvalue weighted by Gasteiger charge is 2.38. The number of aliphatic hydroxyl groups excluding tert-OH is 1. The molecule has 1 aromatic rings. The number of β-amino-alcohol motifs (C(OH)–C–C–N with tert-alkyl or cyclic N) is 1. The van der Waals surface area contributed by atoms with E-state index in [0.717, 1.165) is 0 Å². The van der Waals surface area contributed by atoms with Crippen LogP contribution < -0.4 is 4.74 Å². The van der Waals surface area contributed by atoms with Gasteiger partial charge in [0.05, 0.1) is 25.4 Å². The maximum absolute atomic E-state index is 13.0. The van der Waals surface area contributed by atoms with Crippen LogP contribution in [0.1, 0.15) is 38.1 Å². The predicted molar refractivity (Wildman–Crippen MR) is 91.1 cm³/mol. The van der Waals surface area contributed by atoms with Gasteiger partial charge in [0.2, 0.25) is 0 Å². The van der Waals surface area contributed by atoms with Crippen LogP contribution in [0.3, 0.4) is 0 Å². The molecule has 0 radical (unpaired) electrons. The molecule has 0 aliphatic carbocycles. The number of rotatable bonds is 9. The molecule has 2 atom stereocenters. The van der Waals surface area contributed by atoms with Gasteiger partial charge in [-0.1, -0.05) is 0 Å². The van der Waals surface area contributed by atoms with Crippen molar-refractivity contribution in [2.45, 2.75) is 45.4 Å². The summed E-state index contributed by atoms with van der Waals surface area (Å²) in [5.74, 6) is 0.719. The summed E-state index contributed by atoms with van der Waals surface area (Å²) in [5.41, 5.74) is -0.139. The van der Waals surface area contributed by atoms with Gasteiger partial charge in [0, 0.05) is 25.3 Å². The Hall–Kier alpha value is -1.43. The molecule has 0 fully saturated rings. The number of nitrogens with zero attached hydrogens (tertiary/aromatic N) is 1. The zero-order chi connectivity index (χ0) is 17.6. The van der Waals surface area contributed by atoms with Crippen molar-refractivity contribution in [1.82, 2.24) is 4.90 Å². The SMILES string of the molecule is COCC(C)N(CC(C)O)C(C)(C)C(=O)c1ccc(OC)cc1. The third-order valence-electron chi connectivity index (χ3n) is 4.03. The Labute approximate surface area is 139 Å². The highest BCUT2D eigenvalue weighted by atomic mass is 16.5. The number of aliphatic hydroxyl groups is 1. The number of ketones is 1. The first-order valence-corrected chi connectivity index (χ1v) is 7.86. The third-order valence-corrected chi connectivity index (χ3v) is 4.03. The van der Waals surface area contributed by atoms with Crippen molar-refractivity contribution in [2.24, 2.45) is 0 Å². The van der Waals surface area contributed by atoms with Crippen molar-refractivity contribution in [3.63, 3.8) is 0 Å². The summed E-state index contributed by atoms with van der Waals surface area (Å²) < 4.78 is 10.4. The summed E-state index contributed by atoms with van der Waals surface area (Å²) in [4.78, 5) is 15.0. The first-order chi connectivity index (χ1) is 10.7. The molecule has 0 aromatic heterocycles. The molecular formula is C18H29NO4. The third kappa shape index (κ3) is 5.03. The van der Waals surface area contributed by atoms with E-state index < -0.39 is 11.6 Å². The molecule has 23 heavy (non-hydrogen) atoms. The fraction of sp³-hybridized carbons (Fsp3) is 0.611. The minimum Gasteiger partial charge on any atom is -0.497 e. The number of ether oxygens (including phenoxy) is 2. The van der Waals surface area contributed by atoms with E-state index in [1.807, 2.05) is 25.7 Å². The van der Waals surface area contributed by atoms with Crippen LogP contribution in [-0.2, 0) is 4.74 Å². The summed E-state index contributed by atoms with van der Waals surface area (Å²) in [5, 5.41) is 9.81. The van der Waals surface area contributed by atoms with E-state index in [0.29, 0.717) is 24.5 Å². The van der Waals surface area contributed by atoms with E-state index in [-0.39, 0.29) is 11.8 Å². The van der Waals surface area contributed by atoms with Crippen LogP contribution in [0.15, 0.2) is 24.3 Å². The number of hydrogen-bond acceptors (Lipinski definition) is 5. The van der Waals surface area contributed by atoms with Crippen molar-refractivity contribution in [1.29, 1.82) is 0 Å². The van der Waals surface area contributed by atoms with E-state index in [9.17, 15) is 9.90 Å². The van der Waals surface area contributed by atoms with Gasteiger partial charge >= 0.3 is 0 Å². The Kier molecular flexibility index (Phi) is 7.19. The largest absolute Gasteiger partial charge is 0.497 e. The predicted octanol–water partition coefficient (Wildman–Crippen LogP) is 2.37. The van der Waals surface area contributed by atoms with Crippen LogP contribution >= 0.6 is 0 Å². The van der Waals surface area contributed by atoms with Crippen LogP contribution in [0.2, 0.25) is 0 Å². The highest BCUT2D eigenvalue weighted by Crippen LogP contribution is 2.25. The van der Waals surface area contributed by atoms with Crippen LogP contribution in [0.4, 0.5) is 0 Å². The van der Waals surface area contributed by atoms with E-state index >= 15 is 0 Å². The molecular weight excluding hydrogens is 294 g/mol. The summed E-state index contributed by atoms with van der Waals surface area (Å²) in [7, 11) is 3.23. The number of hydrogen-bond donors (Lipinski definition) is 1. The molecule has 0 heterocycles. The Bertz CT molecular complexity index is 496. The Morgan fingerprint density at radius 1 is 1.22 bits per heavy atom. The van der Waals surface area contributed by atoms with E-state index in [1.165, 1.54) is 0 Å². The highest BCUT2D eigenvalue weighted by molar-refractivity contribution is 6.02. The maximum Gasteiger partial charge on any atom is 0.182 e. The van der Waals surface area contributed by atoms with Crippen molar-refractivity contribution in [3.8, 4) is 5.75 Å². The monoisotopic (exact) mass is 323 g/mol. The molecule has 0 aliphatic heterocycles. The van der Waals surface area contributed by atoms with E-state index in [4.69, 9.17) is 9.47 Å². The molecule has 130 valence electrons. The molecule has 0 saturated carbocycles. The molecule has 0 saturated heterocycles. The molecule has 1 N–H and O–H groups in total. The molecule has 1 rings (SSSR count). The van der Waals surface area contributed by atoms with Crippen LogP contribution in [0, 0.1) is 0 Å². The second kappa shape index (κ2) is 8.43. The quantitative estimate of drug-likeness (QED) is 0.707. The summed E-state index contributed by atoms with van der Waals surface area (Å²) in [6.07, 6.45) is -0.530. The first kappa shape index (κ1) is 19.6. The molecule has 0 bridgehead atoms. The average Bonchev–Trinajstić information content (AvgIpc) is 2.51. The van der Waals surface area contributed by atoms with Gasteiger partial charge in [-0.05, 0) is 52.0 Å². The second-order valence-electron chi connectivity index (χ2n) is 6.42. The number of carbonyl (C=O) groups excluding carboxylic acids is 1. The van der Waals surface area contributed by atoms with Gasteiger partial charge in [-0.15, -0.1) is 0 Å². The number of benzene rings is 1. The van der Waals surface area contributed by atoms with Crippen molar-refractivity contribution in [3.05, 3.63) is 29.8 Å². The van der Waals surface area contributed by atoms with E-state index in [1.54, 1.807) is 45.4 Å². The lowest BCUT2D eigenvalue weighted by Gasteiger charge is -2.42. The number of methoxy groups -OCH3 is 2. The minimum absolute atomic E-state index is 0.00348. The fourth-order valence-corrected chi connectivity index (χ4v) is 2.80. The maximum atomic E-state index is 13.0. The topological polar surface area (TPSA) is 59.0 Å². The summed E-state index contributed by atoms with van der Waals surface area (Å²) >= 11 is 0. The first-order valence-electron chi connectivity index (χ1n) is 7.86. The van der Waals surface area contributed by atoms with Crippen molar-refractivity contribution >= 4 is 5.78 Å². The minimum atomic E-state index is -0.760. The molecule has 2 unspecified atom stereocenters. The lowest BCUT2D eigenvalue weighted by Crippen LogP contribution is -2.57.